The maximum absolute atomic E-state index is 12.5. The highest BCUT2D eigenvalue weighted by Gasteiger charge is 2.25. The Balaban J connectivity index is 1.88. The molecule has 3 rings (SSSR count). The molecule has 1 aliphatic heterocycles. The van der Waals surface area contributed by atoms with Crippen molar-refractivity contribution in [2.24, 2.45) is 4.99 Å². The Kier molecular flexibility index (Phi) is 7.16. The van der Waals surface area contributed by atoms with Crippen LogP contribution in [0, 0.1) is 0 Å². The van der Waals surface area contributed by atoms with Crippen LogP contribution in [0.5, 0.6) is 11.5 Å². The SMILES string of the molecule is CCCOc1ccc(/C=C2/N=C(c3ccc(C(C)(C)C)cc3)OC2=O)c(OCCC)c1. The minimum atomic E-state index is -0.470. The largest absolute Gasteiger partial charge is 0.493 e. The van der Waals surface area contributed by atoms with Gasteiger partial charge in [0.2, 0.25) is 5.90 Å². The summed E-state index contributed by atoms with van der Waals surface area (Å²) in [5, 5.41) is 0. The first kappa shape index (κ1) is 22.6. The fraction of sp³-hybridized carbons (Fsp3) is 0.385. The number of esters is 1. The van der Waals surface area contributed by atoms with E-state index in [1.807, 2.05) is 49.4 Å². The molecule has 0 saturated carbocycles. The number of hydrogen-bond donors (Lipinski definition) is 0. The van der Waals surface area contributed by atoms with Crippen LogP contribution in [-0.2, 0) is 14.9 Å². The molecule has 5 nitrogen and oxygen atoms in total. The van der Waals surface area contributed by atoms with Crippen molar-refractivity contribution < 1.29 is 19.0 Å². The van der Waals surface area contributed by atoms with E-state index in [-0.39, 0.29) is 11.1 Å². The van der Waals surface area contributed by atoms with Crippen molar-refractivity contribution in [2.45, 2.75) is 52.9 Å². The Labute approximate surface area is 184 Å². The van der Waals surface area contributed by atoms with E-state index in [0.717, 1.165) is 29.7 Å². The summed E-state index contributed by atoms with van der Waals surface area (Å²) in [7, 11) is 0. The first-order valence-electron chi connectivity index (χ1n) is 10.8. The van der Waals surface area contributed by atoms with E-state index in [4.69, 9.17) is 14.2 Å². The molecule has 1 heterocycles. The van der Waals surface area contributed by atoms with E-state index in [1.54, 1.807) is 6.08 Å². The number of carbonyl (C=O) groups is 1. The molecule has 0 fully saturated rings. The lowest BCUT2D eigenvalue weighted by molar-refractivity contribution is -0.129. The number of aliphatic imine (C=N–C) groups is 1. The lowest BCUT2D eigenvalue weighted by atomic mass is 9.87. The van der Waals surface area contributed by atoms with Gasteiger partial charge < -0.3 is 14.2 Å². The van der Waals surface area contributed by atoms with Crippen LogP contribution in [0.4, 0.5) is 0 Å². The molecule has 0 aliphatic carbocycles. The van der Waals surface area contributed by atoms with E-state index in [9.17, 15) is 4.79 Å². The first-order chi connectivity index (χ1) is 14.8. The molecule has 164 valence electrons. The maximum atomic E-state index is 12.5. The molecule has 2 aromatic carbocycles. The summed E-state index contributed by atoms with van der Waals surface area (Å²) in [6.45, 7) is 11.8. The van der Waals surface area contributed by atoms with Crippen LogP contribution in [0.1, 0.15) is 64.2 Å². The predicted molar refractivity (Wildman–Crippen MR) is 124 cm³/mol. The molecule has 5 heteroatoms. The number of cyclic esters (lactones) is 1. The second kappa shape index (κ2) is 9.82. The number of nitrogens with zero attached hydrogens (tertiary/aromatic N) is 1. The van der Waals surface area contributed by atoms with E-state index < -0.39 is 5.97 Å². The van der Waals surface area contributed by atoms with Crippen molar-refractivity contribution in [1.82, 2.24) is 0 Å². The van der Waals surface area contributed by atoms with Gasteiger partial charge in [-0.1, -0.05) is 46.8 Å². The number of rotatable bonds is 8. The summed E-state index contributed by atoms with van der Waals surface area (Å²) in [4.78, 5) is 16.9. The van der Waals surface area contributed by atoms with Gasteiger partial charge in [0.25, 0.3) is 0 Å². The lowest BCUT2D eigenvalue weighted by Gasteiger charge is -2.18. The Hall–Kier alpha value is -3.08. The van der Waals surface area contributed by atoms with E-state index in [1.165, 1.54) is 5.56 Å². The highest BCUT2D eigenvalue weighted by molar-refractivity contribution is 6.13. The molecule has 0 saturated heterocycles. The molecule has 31 heavy (non-hydrogen) atoms. The number of ether oxygens (including phenoxy) is 3. The Morgan fingerprint density at radius 3 is 2.29 bits per heavy atom. The number of hydrogen-bond acceptors (Lipinski definition) is 5. The summed E-state index contributed by atoms with van der Waals surface area (Å²) in [6, 6.07) is 13.6. The quantitative estimate of drug-likeness (QED) is 0.393. The minimum absolute atomic E-state index is 0.0552. The standard InChI is InChI=1S/C26H31NO4/c1-6-14-29-21-13-10-19(23(17-21)30-15-7-2)16-22-25(28)31-24(27-22)18-8-11-20(12-9-18)26(3,4)5/h8-13,16-17H,6-7,14-15H2,1-5H3/b22-16+. The third-order valence-electron chi connectivity index (χ3n) is 4.83. The van der Waals surface area contributed by atoms with Crippen molar-refractivity contribution in [1.29, 1.82) is 0 Å². The van der Waals surface area contributed by atoms with Crippen molar-refractivity contribution in [3.05, 3.63) is 64.9 Å². The van der Waals surface area contributed by atoms with Gasteiger partial charge in [-0.2, -0.15) is 0 Å². The summed E-state index contributed by atoms with van der Waals surface area (Å²) in [6.07, 6.45) is 3.51. The van der Waals surface area contributed by atoms with Crippen molar-refractivity contribution in [3.63, 3.8) is 0 Å². The molecule has 0 radical (unpaired) electrons. The molecule has 0 aromatic heterocycles. The third-order valence-corrected chi connectivity index (χ3v) is 4.83. The predicted octanol–water partition coefficient (Wildman–Crippen LogP) is 5.91. The normalized spacial score (nSPS) is 15.1. The van der Waals surface area contributed by atoms with Gasteiger partial charge in [0, 0.05) is 17.2 Å². The van der Waals surface area contributed by atoms with Crippen LogP contribution < -0.4 is 9.47 Å². The van der Waals surface area contributed by atoms with Crippen LogP contribution in [0.15, 0.2) is 53.2 Å². The highest BCUT2D eigenvalue weighted by Crippen LogP contribution is 2.29. The summed E-state index contributed by atoms with van der Waals surface area (Å²) in [5.41, 5.74) is 3.05. The van der Waals surface area contributed by atoms with Crippen LogP contribution in [0.2, 0.25) is 0 Å². The fourth-order valence-corrected chi connectivity index (χ4v) is 3.07. The Morgan fingerprint density at radius 2 is 1.65 bits per heavy atom. The zero-order valence-corrected chi connectivity index (χ0v) is 19.0. The Morgan fingerprint density at radius 1 is 0.968 bits per heavy atom. The Bertz CT molecular complexity index is 981. The van der Waals surface area contributed by atoms with Gasteiger partial charge in [-0.15, -0.1) is 0 Å². The van der Waals surface area contributed by atoms with Crippen LogP contribution >= 0.6 is 0 Å². The second-order valence-corrected chi connectivity index (χ2v) is 8.56. The van der Waals surface area contributed by atoms with Crippen molar-refractivity contribution >= 4 is 17.9 Å². The van der Waals surface area contributed by atoms with Crippen LogP contribution in [0.3, 0.4) is 0 Å². The molecular weight excluding hydrogens is 390 g/mol. The van der Waals surface area contributed by atoms with Crippen molar-refractivity contribution in [3.8, 4) is 11.5 Å². The average Bonchev–Trinajstić information content (AvgIpc) is 3.11. The van der Waals surface area contributed by atoms with Gasteiger partial charge >= 0.3 is 5.97 Å². The van der Waals surface area contributed by atoms with Crippen molar-refractivity contribution in [2.75, 3.05) is 13.2 Å². The number of benzene rings is 2. The zero-order valence-electron chi connectivity index (χ0n) is 19.0. The van der Waals surface area contributed by atoms with E-state index in [2.05, 4.69) is 32.7 Å². The zero-order chi connectivity index (χ0) is 22.4. The van der Waals surface area contributed by atoms with Gasteiger partial charge in [0.15, 0.2) is 5.70 Å². The summed E-state index contributed by atoms with van der Waals surface area (Å²) < 4.78 is 17.0. The molecule has 0 spiro atoms. The highest BCUT2D eigenvalue weighted by atomic mass is 16.6. The van der Waals surface area contributed by atoms with Crippen LogP contribution in [0.25, 0.3) is 6.08 Å². The molecule has 1 aliphatic rings. The molecular formula is C26H31NO4. The fourth-order valence-electron chi connectivity index (χ4n) is 3.07. The second-order valence-electron chi connectivity index (χ2n) is 8.56. The van der Waals surface area contributed by atoms with Gasteiger partial charge in [-0.05, 0) is 54.2 Å². The smallest absolute Gasteiger partial charge is 0.363 e. The van der Waals surface area contributed by atoms with Gasteiger partial charge in [0.1, 0.15) is 11.5 Å². The molecule has 0 atom stereocenters. The minimum Gasteiger partial charge on any atom is -0.493 e. The van der Waals surface area contributed by atoms with E-state index in [0.29, 0.717) is 24.9 Å². The van der Waals surface area contributed by atoms with E-state index >= 15 is 0 Å². The maximum Gasteiger partial charge on any atom is 0.363 e. The molecule has 0 amide bonds. The topological polar surface area (TPSA) is 57.1 Å². The molecule has 0 bridgehead atoms. The van der Waals surface area contributed by atoms with Gasteiger partial charge in [-0.25, -0.2) is 9.79 Å². The molecule has 2 aromatic rings. The third kappa shape index (κ3) is 5.75. The number of carbonyl (C=O) groups excluding carboxylic acids is 1. The van der Waals surface area contributed by atoms with Crippen LogP contribution in [-0.4, -0.2) is 25.1 Å². The summed E-state index contributed by atoms with van der Waals surface area (Å²) in [5.74, 6) is 1.25. The monoisotopic (exact) mass is 421 g/mol. The first-order valence-corrected chi connectivity index (χ1v) is 10.8. The average molecular weight is 422 g/mol. The van der Waals surface area contributed by atoms with Gasteiger partial charge in [-0.3, -0.25) is 0 Å². The molecule has 0 unspecified atom stereocenters. The molecule has 0 N–H and O–H groups in total. The summed E-state index contributed by atoms with van der Waals surface area (Å²) >= 11 is 0. The van der Waals surface area contributed by atoms with Gasteiger partial charge in [0.05, 0.1) is 13.2 Å². The lowest BCUT2D eigenvalue weighted by Crippen LogP contribution is -2.11.